The van der Waals surface area contributed by atoms with Crippen LogP contribution in [-0.4, -0.2) is 52.7 Å². The average Bonchev–Trinajstić information content (AvgIpc) is 3.28. The van der Waals surface area contributed by atoms with E-state index in [2.05, 4.69) is 48.8 Å². The fraction of sp³-hybridized carbons (Fsp3) is 0.476. The van der Waals surface area contributed by atoms with Crippen LogP contribution in [0.1, 0.15) is 37.6 Å². The van der Waals surface area contributed by atoms with Gasteiger partial charge in [0.25, 0.3) is 0 Å². The predicted octanol–water partition coefficient (Wildman–Crippen LogP) is 5.70. The largest absolute Gasteiger partial charge is 0.444 e. The third-order valence-electron chi connectivity index (χ3n) is 5.67. The molecule has 31 heavy (non-hydrogen) atoms. The zero-order chi connectivity index (χ0) is 22.7. The van der Waals surface area contributed by atoms with E-state index in [4.69, 9.17) is 4.74 Å². The Kier molecular flexibility index (Phi) is 6.19. The highest BCUT2D eigenvalue weighted by molar-refractivity contribution is 14.1. The molecule has 3 aliphatic rings. The van der Waals surface area contributed by atoms with Gasteiger partial charge in [0.1, 0.15) is 16.1 Å². The van der Waals surface area contributed by atoms with E-state index >= 15 is 4.39 Å². The van der Waals surface area contributed by atoms with Crippen molar-refractivity contribution in [2.75, 3.05) is 18.1 Å². The van der Waals surface area contributed by atoms with Gasteiger partial charge in [-0.2, -0.15) is 0 Å². The maximum atomic E-state index is 15.0. The van der Waals surface area contributed by atoms with Gasteiger partial charge >= 0.3 is 6.09 Å². The van der Waals surface area contributed by atoms with E-state index in [0.29, 0.717) is 36.3 Å². The van der Waals surface area contributed by atoms with Crippen molar-refractivity contribution in [2.45, 2.75) is 49.9 Å². The molecule has 6 nitrogen and oxygen atoms in total. The van der Waals surface area contributed by atoms with Crippen molar-refractivity contribution in [1.29, 1.82) is 0 Å². The highest BCUT2D eigenvalue weighted by Gasteiger charge is 2.55. The monoisotopic (exact) mass is 621 g/mol. The number of fused-ring (bicyclic) bond motifs is 2. The number of pyridine rings is 1. The van der Waals surface area contributed by atoms with Crippen LogP contribution >= 0.6 is 50.3 Å². The molecule has 1 amide bonds. The third-order valence-corrected chi connectivity index (χ3v) is 8.73. The van der Waals surface area contributed by atoms with Crippen LogP contribution in [0.15, 0.2) is 15.6 Å². The minimum absolute atomic E-state index is 0.0281. The Labute approximate surface area is 206 Å². The molecule has 166 valence electrons. The zero-order valence-corrected chi connectivity index (χ0v) is 22.0. The van der Waals surface area contributed by atoms with Crippen molar-refractivity contribution in [1.82, 2.24) is 9.88 Å². The Balaban J connectivity index is 1.72. The average molecular weight is 622 g/mol. The number of nitrogens with one attached hydrogen (secondary N) is 1. The fourth-order valence-corrected chi connectivity index (χ4v) is 5.65. The molecule has 3 heterocycles. The van der Waals surface area contributed by atoms with Gasteiger partial charge in [-0.05, 0) is 78.0 Å². The Morgan fingerprint density at radius 2 is 2.19 bits per heavy atom. The number of anilines is 1. The molecule has 1 aromatic heterocycles. The first kappa shape index (κ1) is 23.0. The Morgan fingerprint density at radius 3 is 2.81 bits per heavy atom. The summed E-state index contributed by atoms with van der Waals surface area (Å²) in [6, 6.07) is 1.76. The van der Waals surface area contributed by atoms with Crippen molar-refractivity contribution >= 4 is 79.3 Å². The van der Waals surface area contributed by atoms with Crippen LogP contribution < -0.4 is 5.32 Å². The Morgan fingerprint density at radius 1 is 1.48 bits per heavy atom. The van der Waals surface area contributed by atoms with Crippen LogP contribution in [0.4, 0.5) is 14.9 Å². The molecule has 10 heteroatoms. The minimum atomic E-state index is -0.562. The highest BCUT2D eigenvalue weighted by atomic mass is 127. The molecule has 3 atom stereocenters. The number of ether oxygens (including phenoxy) is 1. The van der Waals surface area contributed by atoms with E-state index in [1.165, 1.54) is 11.8 Å². The normalized spacial score (nSPS) is 22.4. The number of hydrogen-bond acceptors (Lipinski definition) is 6. The number of amides is 1. The maximum Gasteiger partial charge on any atom is 0.410 e. The SMILES string of the molecule is CSc1nc2c(F)c(Br)c(I)cc2c(NC2[C@@H]3C[C@H]2N(C(=O)OC(C)(C)C)C3)c1C=O. The molecule has 1 N–H and O–H groups in total. The molecule has 5 rings (SSSR count). The first-order valence-corrected chi connectivity index (χ1v) is 12.9. The van der Waals surface area contributed by atoms with Crippen LogP contribution in [0.25, 0.3) is 10.9 Å². The van der Waals surface area contributed by atoms with E-state index in [1.807, 2.05) is 33.1 Å². The molecular formula is C21H22BrFIN3O3S. The summed E-state index contributed by atoms with van der Waals surface area (Å²) in [5.74, 6) is -0.206. The number of aromatic nitrogens is 1. The van der Waals surface area contributed by atoms with Crippen LogP contribution in [-0.2, 0) is 4.74 Å². The lowest BCUT2D eigenvalue weighted by Crippen LogP contribution is -2.50. The lowest BCUT2D eigenvalue weighted by Gasteiger charge is -2.38. The van der Waals surface area contributed by atoms with E-state index in [1.54, 1.807) is 4.90 Å². The lowest BCUT2D eigenvalue weighted by molar-refractivity contribution is 0.0239. The number of benzene rings is 1. The van der Waals surface area contributed by atoms with Gasteiger partial charge in [0.05, 0.1) is 27.8 Å². The summed E-state index contributed by atoms with van der Waals surface area (Å²) in [6.45, 7) is 6.14. The Hall–Kier alpha value is -1.14. The van der Waals surface area contributed by atoms with Gasteiger partial charge < -0.3 is 15.0 Å². The van der Waals surface area contributed by atoms with Gasteiger partial charge in [-0.25, -0.2) is 14.2 Å². The third kappa shape index (κ3) is 4.03. The highest BCUT2D eigenvalue weighted by Crippen LogP contribution is 2.45. The molecule has 2 aromatic rings. The van der Waals surface area contributed by atoms with E-state index < -0.39 is 11.4 Å². The molecule has 1 aromatic carbocycles. The number of hydrogen-bond donors (Lipinski definition) is 1. The van der Waals surface area contributed by atoms with Crippen molar-refractivity contribution in [3.05, 3.63) is 25.5 Å². The van der Waals surface area contributed by atoms with Crippen LogP contribution in [0.3, 0.4) is 0 Å². The van der Waals surface area contributed by atoms with Crippen molar-refractivity contribution < 1.29 is 18.7 Å². The molecule has 2 saturated heterocycles. The van der Waals surface area contributed by atoms with Crippen LogP contribution in [0.2, 0.25) is 0 Å². The number of rotatable bonds is 4. The minimum Gasteiger partial charge on any atom is -0.444 e. The molecular weight excluding hydrogens is 600 g/mol. The van der Waals surface area contributed by atoms with Gasteiger partial charge in [-0.3, -0.25) is 4.79 Å². The molecule has 3 fully saturated rings. The molecule has 2 bridgehead atoms. The molecule has 0 radical (unpaired) electrons. The first-order chi connectivity index (χ1) is 14.6. The number of thioether (sulfide) groups is 1. The first-order valence-electron chi connectivity index (χ1n) is 9.82. The molecule has 1 unspecified atom stereocenters. The molecule has 2 aliphatic heterocycles. The van der Waals surface area contributed by atoms with Crippen LogP contribution in [0, 0.1) is 15.3 Å². The second-order valence-corrected chi connectivity index (χ2v) is 11.5. The van der Waals surface area contributed by atoms with Gasteiger partial charge in [-0.1, -0.05) is 0 Å². The lowest BCUT2D eigenvalue weighted by atomic mass is 9.79. The Bertz CT molecular complexity index is 1090. The predicted molar refractivity (Wildman–Crippen MR) is 132 cm³/mol. The number of nitrogens with zero attached hydrogens (tertiary/aromatic N) is 2. The summed E-state index contributed by atoms with van der Waals surface area (Å²) in [7, 11) is 0. The number of aldehydes is 1. The zero-order valence-electron chi connectivity index (χ0n) is 17.5. The maximum absolute atomic E-state index is 15.0. The second-order valence-electron chi connectivity index (χ2n) is 8.78. The molecule has 0 spiro atoms. The van der Waals surface area contributed by atoms with Crippen molar-refractivity contribution in [3.63, 3.8) is 0 Å². The summed E-state index contributed by atoms with van der Waals surface area (Å²) < 4.78 is 21.6. The quantitative estimate of drug-likeness (QED) is 0.205. The summed E-state index contributed by atoms with van der Waals surface area (Å²) in [5.41, 5.74) is 0.626. The smallest absolute Gasteiger partial charge is 0.410 e. The van der Waals surface area contributed by atoms with E-state index in [0.717, 1.165) is 12.7 Å². The topological polar surface area (TPSA) is 71.5 Å². The van der Waals surface area contributed by atoms with Crippen molar-refractivity contribution in [3.8, 4) is 0 Å². The van der Waals surface area contributed by atoms with Gasteiger partial charge in [-0.15, -0.1) is 11.8 Å². The van der Waals surface area contributed by atoms with Gasteiger partial charge in [0.2, 0.25) is 0 Å². The van der Waals surface area contributed by atoms with E-state index in [-0.39, 0.29) is 29.6 Å². The van der Waals surface area contributed by atoms with Crippen LogP contribution in [0.5, 0.6) is 0 Å². The van der Waals surface area contributed by atoms with Gasteiger partial charge in [0, 0.05) is 21.4 Å². The molecule has 1 aliphatic carbocycles. The summed E-state index contributed by atoms with van der Waals surface area (Å²) in [6.07, 6.45) is 3.12. The second kappa shape index (κ2) is 8.33. The molecule has 1 saturated carbocycles. The van der Waals surface area contributed by atoms with Crippen molar-refractivity contribution in [2.24, 2.45) is 5.92 Å². The summed E-state index contributed by atoms with van der Waals surface area (Å²) in [4.78, 5) is 30.8. The van der Waals surface area contributed by atoms with Gasteiger partial charge in [0.15, 0.2) is 12.1 Å². The number of carbonyl (C=O) groups excluding carboxylic acids is 2. The fourth-order valence-electron chi connectivity index (χ4n) is 4.25. The summed E-state index contributed by atoms with van der Waals surface area (Å²) >= 11 is 6.63. The number of carbonyl (C=O) groups is 2. The summed E-state index contributed by atoms with van der Waals surface area (Å²) in [5, 5.41) is 4.50. The standard InChI is InChI=1S/C21H22BrFIN3O3S/c1-21(2,3)30-20(29)27-7-9-5-13(27)16(9)25-17-10-6-12(24)14(22)15(23)18(10)26-19(31-4)11(17)8-28/h6,8-9,13,16H,5,7H2,1-4H3,(H,25,26)/t9-,13-,16?/m1/s1. The van der Waals surface area contributed by atoms with E-state index in [9.17, 15) is 9.59 Å². The number of halogens is 3.